The van der Waals surface area contributed by atoms with Crippen LogP contribution in [-0.2, 0) is 5.41 Å². The zero-order valence-electron chi connectivity index (χ0n) is 8.61. The summed E-state index contributed by atoms with van der Waals surface area (Å²) in [6.07, 6.45) is 0. The van der Waals surface area contributed by atoms with Crippen LogP contribution in [0.1, 0.15) is 31.9 Å². The molecule has 0 atom stereocenters. The minimum absolute atomic E-state index is 0.165. The molecule has 0 aromatic heterocycles. The summed E-state index contributed by atoms with van der Waals surface area (Å²) in [6.45, 7) is 7.87. The summed E-state index contributed by atoms with van der Waals surface area (Å²) in [6, 6.07) is 3.19. The van der Waals surface area contributed by atoms with E-state index in [0.717, 1.165) is 11.1 Å². The molecule has 2 N–H and O–H groups in total. The average molecular weight is 181 g/mol. The van der Waals surface area contributed by atoms with E-state index in [4.69, 9.17) is 5.73 Å². The molecule has 0 bridgehead atoms. The lowest BCUT2D eigenvalue weighted by atomic mass is 9.83. The van der Waals surface area contributed by atoms with Crippen molar-refractivity contribution >= 4 is 5.69 Å². The molecule has 0 radical (unpaired) electrons. The first kappa shape index (κ1) is 10.0. The van der Waals surface area contributed by atoms with Gasteiger partial charge >= 0.3 is 0 Å². The predicted octanol–water partition coefficient (Wildman–Crippen LogP) is 3.01. The molecule has 0 aliphatic carbocycles. The number of aryl methyl sites for hydroxylation is 1. The topological polar surface area (TPSA) is 26.0 Å². The second kappa shape index (κ2) is 3.02. The normalized spacial score (nSPS) is 11.8. The molecule has 1 rings (SSSR count). The van der Waals surface area contributed by atoms with Gasteiger partial charge in [-0.3, -0.25) is 0 Å². The van der Waals surface area contributed by atoms with Gasteiger partial charge in [0.1, 0.15) is 5.82 Å². The number of hydrogen-bond donors (Lipinski definition) is 1. The highest BCUT2D eigenvalue weighted by Crippen LogP contribution is 2.29. The molecule has 0 spiro atoms. The fourth-order valence-electron chi connectivity index (χ4n) is 1.72. The third-order valence-electron chi connectivity index (χ3n) is 2.06. The largest absolute Gasteiger partial charge is 0.399 e. The summed E-state index contributed by atoms with van der Waals surface area (Å²) < 4.78 is 13.5. The fraction of sp³-hybridized carbons (Fsp3) is 0.455. The third-order valence-corrected chi connectivity index (χ3v) is 2.06. The number of rotatable bonds is 0. The van der Waals surface area contributed by atoms with Gasteiger partial charge in [0.15, 0.2) is 0 Å². The summed E-state index contributed by atoms with van der Waals surface area (Å²) in [4.78, 5) is 0. The van der Waals surface area contributed by atoms with E-state index in [2.05, 4.69) is 0 Å². The summed E-state index contributed by atoms with van der Waals surface area (Å²) in [5.41, 5.74) is 7.53. The average Bonchev–Trinajstić information content (AvgIpc) is 1.78. The van der Waals surface area contributed by atoms with Crippen LogP contribution in [0.5, 0.6) is 0 Å². The number of nitrogens with two attached hydrogens (primary N) is 1. The molecule has 0 unspecified atom stereocenters. The maximum atomic E-state index is 13.5. The summed E-state index contributed by atoms with van der Waals surface area (Å²) in [7, 11) is 0. The van der Waals surface area contributed by atoms with Crippen LogP contribution in [0.25, 0.3) is 0 Å². The van der Waals surface area contributed by atoms with Crippen molar-refractivity contribution in [1.82, 2.24) is 0 Å². The Labute approximate surface area is 78.8 Å². The van der Waals surface area contributed by atoms with E-state index >= 15 is 0 Å². The maximum absolute atomic E-state index is 13.5. The highest BCUT2D eigenvalue weighted by Gasteiger charge is 2.20. The monoisotopic (exact) mass is 181 g/mol. The second-order valence-corrected chi connectivity index (χ2v) is 4.44. The molecule has 1 nitrogen and oxygen atoms in total. The van der Waals surface area contributed by atoms with Crippen LogP contribution < -0.4 is 5.73 Å². The van der Waals surface area contributed by atoms with Gasteiger partial charge in [0.2, 0.25) is 0 Å². The molecule has 0 amide bonds. The highest BCUT2D eigenvalue weighted by molar-refractivity contribution is 5.47. The molecule has 0 saturated carbocycles. The van der Waals surface area contributed by atoms with Gasteiger partial charge in [-0.15, -0.1) is 0 Å². The van der Waals surface area contributed by atoms with Gasteiger partial charge in [-0.05, 0) is 35.6 Å². The zero-order chi connectivity index (χ0) is 10.2. The molecule has 0 heterocycles. The minimum Gasteiger partial charge on any atom is -0.399 e. The molecule has 0 saturated heterocycles. The zero-order valence-corrected chi connectivity index (χ0v) is 8.61. The van der Waals surface area contributed by atoms with Crippen molar-refractivity contribution in [2.75, 3.05) is 5.73 Å². The Bertz CT molecular complexity index is 300. The Kier molecular flexibility index (Phi) is 2.33. The lowest BCUT2D eigenvalue weighted by Gasteiger charge is -2.22. The van der Waals surface area contributed by atoms with Crippen molar-refractivity contribution in [2.45, 2.75) is 33.1 Å². The molecule has 0 aliphatic heterocycles. The molecule has 72 valence electrons. The smallest absolute Gasteiger partial charge is 0.129 e. The first-order valence-corrected chi connectivity index (χ1v) is 4.38. The van der Waals surface area contributed by atoms with E-state index in [1.807, 2.05) is 33.8 Å². The number of anilines is 1. The quantitative estimate of drug-likeness (QED) is 0.612. The van der Waals surface area contributed by atoms with Gasteiger partial charge in [0.05, 0.1) is 0 Å². The Morgan fingerprint density at radius 1 is 1.23 bits per heavy atom. The summed E-state index contributed by atoms with van der Waals surface area (Å²) >= 11 is 0. The lowest BCUT2D eigenvalue weighted by Crippen LogP contribution is -2.15. The molecule has 2 heteroatoms. The number of benzene rings is 1. The van der Waals surface area contributed by atoms with E-state index in [1.165, 1.54) is 6.07 Å². The highest BCUT2D eigenvalue weighted by atomic mass is 19.1. The third kappa shape index (κ3) is 2.00. The van der Waals surface area contributed by atoms with Crippen LogP contribution in [0.4, 0.5) is 10.1 Å². The molecular weight excluding hydrogens is 165 g/mol. The van der Waals surface area contributed by atoms with Crippen molar-refractivity contribution in [2.24, 2.45) is 0 Å². The molecular formula is C11H16FN. The van der Waals surface area contributed by atoms with E-state index in [9.17, 15) is 4.39 Å². The number of nitrogen functional groups attached to an aromatic ring is 1. The minimum atomic E-state index is -0.204. The van der Waals surface area contributed by atoms with Crippen LogP contribution >= 0.6 is 0 Å². The van der Waals surface area contributed by atoms with Gasteiger partial charge in [0, 0.05) is 5.69 Å². The Hall–Kier alpha value is -1.05. The molecule has 13 heavy (non-hydrogen) atoms. The van der Waals surface area contributed by atoms with Crippen molar-refractivity contribution in [3.8, 4) is 0 Å². The van der Waals surface area contributed by atoms with E-state index < -0.39 is 0 Å². The van der Waals surface area contributed by atoms with Crippen LogP contribution in [0.3, 0.4) is 0 Å². The van der Waals surface area contributed by atoms with E-state index in [-0.39, 0.29) is 11.2 Å². The Balaban J connectivity index is 3.38. The molecule has 0 fully saturated rings. The second-order valence-electron chi connectivity index (χ2n) is 4.44. The first-order valence-electron chi connectivity index (χ1n) is 4.38. The Morgan fingerprint density at radius 3 is 2.15 bits per heavy atom. The van der Waals surface area contributed by atoms with Crippen molar-refractivity contribution < 1.29 is 4.39 Å². The lowest BCUT2D eigenvalue weighted by molar-refractivity contribution is 0.520. The fourth-order valence-corrected chi connectivity index (χ4v) is 1.72. The first-order chi connectivity index (χ1) is 5.82. The standard InChI is InChI=1S/C11H16FN/c1-7-5-8(13)6-9(12)10(7)11(2,3)4/h5-6H,13H2,1-4H3. The molecule has 1 aromatic carbocycles. The van der Waals surface area contributed by atoms with Crippen molar-refractivity contribution in [3.63, 3.8) is 0 Å². The van der Waals surface area contributed by atoms with E-state index in [1.54, 1.807) is 0 Å². The van der Waals surface area contributed by atoms with Crippen LogP contribution in [-0.4, -0.2) is 0 Å². The number of halogens is 1. The van der Waals surface area contributed by atoms with Crippen molar-refractivity contribution in [3.05, 3.63) is 29.1 Å². The van der Waals surface area contributed by atoms with Gasteiger partial charge in [-0.1, -0.05) is 20.8 Å². The Morgan fingerprint density at radius 2 is 1.77 bits per heavy atom. The van der Waals surface area contributed by atoms with Gasteiger partial charge in [0.25, 0.3) is 0 Å². The molecule has 0 aliphatic rings. The van der Waals surface area contributed by atoms with Gasteiger partial charge in [-0.25, -0.2) is 4.39 Å². The van der Waals surface area contributed by atoms with Gasteiger partial charge in [-0.2, -0.15) is 0 Å². The van der Waals surface area contributed by atoms with E-state index in [0.29, 0.717) is 5.69 Å². The predicted molar refractivity (Wildman–Crippen MR) is 54.2 cm³/mol. The maximum Gasteiger partial charge on any atom is 0.129 e. The molecule has 1 aromatic rings. The van der Waals surface area contributed by atoms with Crippen LogP contribution in [0.2, 0.25) is 0 Å². The van der Waals surface area contributed by atoms with Crippen LogP contribution in [0.15, 0.2) is 12.1 Å². The van der Waals surface area contributed by atoms with Crippen LogP contribution in [0, 0.1) is 12.7 Å². The SMILES string of the molecule is Cc1cc(N)cc(F)c1C(C)(C)C. The van der Waals surface area contributed by atoms with Crippen molar-refractivity contribution in [1.29, 1.82) is 0 Å². The summed E-state index contributed by atoms with van der Waals surface area (Å²) in [5, 5.41) is 0. The van der Waals surface area contributed by atoms with Gasteiger partial charge < -0.3 is 5.73 Å². The summed E-state index contributed by atoms with van der Waals surface area (Å²) in [5.74, 6) is -0.204. The number of hydrogen-bond acceptors (Lipinski definition) is 1.